The predicted molar refractivity (Wildman–Crippen MR) is 125 cm³/mol. The van der Waals surface area contributed by atoms with E-state index >= 15 is 0 Å². The van der Waals surface area contributed by atoms with Crippen molar-refractivity contribution in [2.24, 2.45) is 11.3 Å². The summed E-state index contributed by atoms with van der Waals surface area (Å²) in [6.07, 6.45) is -7.48. The monoisotopic (exact) mass is 727 g/mol. The van der Waals surface area contributed by atoms with Crippen LogP contribution >= 0.6 is 11.3 Å². The molecule has 4 nitrogen and oxygen atoms in total. The topological polar surface area (TPSA) is 55.4 Å². The average molecular weight is 727 g/mol. The lowest BCUT2D eigenvalue weighted by Gasteiger charge is -2.42. The highest BCUT2D eigenvalue weighted by molar-refractivity contribution is 7.17. The molecule has 0 aliphatic heterocycles. The number of esters is 1. The molecule has 2 rings (SSSR count). The molecule has 0 fully saturated rings. The number of ether oxygens (including phenoxy) is 1. The van der Waals surface area contributed by atoms with Gasteiger partial charge in [-0.1, -0.05) is 20.8 Å². The Bertz CT molecular complexity index is 1330. The number of carbonyl (C=O) groups is 2. The van der Waals surface area contributed by atoms with Crippen LogP contribution in [0.3, 0.4) is 0 Å². The van der Waals surface area contributed by atoms with Crippen molar-refractivity contribution < 1.29 is 89.0 Å². The van der Waals surface area contributed by atoms with Crippen molar-refractivity contribution in [3.63, 3.8) is 0 Å². The van der Waals surface area contributed by atoms with Gasteiger partial charge in [-0.15, -0.1) is 11.3 Å². The van der Waals surface area contributed by atoms with Crippen LogP contribution in [0.4, 0.5) is 79.6 Å². The van der Waals surface area contributed by atoms with Gasteiger partial charge in [-0.3, -0.25) is 4.79 Å². The quantitative estimate of drug-likeness (QED) is 0.194. The van der Waals surface area contributed by atoms with Gasteiger partial charge in [0.05, 0.1) is 12.2 Å². The number of fused-ring (bicyclic) bond motifs is 1. The largest absolute Gasteiger partial charge is 0.462 e. The second-order valence-electron chi connectivity index (χ2n) is 11.2. The molecule has 1 amide bonds. The van der Waals surface area contributed by atoms with Crippen LogP contribution in [0.5, 0.6) is 0 Å². The zero-order valence-electron chi connectivity index (χ0n) is 23.5. The maximum Gasteiger partial charge on any atom is 0.460 e. The number of rotatable bonds is 10. The van der Waals surface area contributed by atoms with Gasteiger partial charge in [0.25, 0.3) is 0 Å². The number of halogens is 17. The van der Waals surface area contributed by atoms with E-state index in [-0.39, 0.29) is 40.5 Å². The van der Waals surface area contributed by atoms with Gasteiger partial charge in [0.2, 0.25) is 0 Å². The van der Waals surface area contributed by atoms with Crippen LogP contribution in [0.1, 0.15) is 54.9 Å². The van der Waals surface area contributed by atoms with Crippen LogP contribution in [0, 0.1) is 11.3 Å². The van der Waals surface area contributed by atoms with E-state index in [1.54, 1.807) is 20.8 Å². The highest BCUT2D eigenvalue weighted by atomic mass is 32.1. The minimum atomic E-state index is -8.81. The maximum absolute atomic E-state index is 14.5. The number of amides is 1. The smallest absolute Gasteiger partial charge is 0.460 e. The number of alkyl halides is 17. The minimum Gasteiger partial charge on any atom is -0.462 e. The van der Waals surface area contributed by atoms with Gasteiger partial charge < -0.3 is 10.1 Å². The summed E-state index contributed by atoms with van der Waals surface area (Å²) in [7, 11) is 0. The van der Waals surface area contributed by atoms with Crippen LogP contribution in [-0.4, -0.2) is 66.1 Å². The number of thiophene rings is 1. The Kier molecular flexibility index (Phi) is 9.95. The van der Waals surface area contributed by atoms with Crippen LogP contribution in [0.25, 0.3) is 0 Å². The molecule has 266 valence electrons. The molecule has 0 spiro atoms. The molecule has 0 radical (unpaired) electrons. The summed E-state index contributed by atoms with van der Waals surface area (Å²) in [4.78, 5) is 24.9. The molecule has 0 aromatic carbocycles. The van der Waals surface area contributed by atoms with Gasteiger partial charge in [-0.05, 0) is 43.1 Å². The third-order valence-electron chi connectivity index (χ3n) is 7.20. The fraction of sp³-hybridized carbons (Fsp3) is 0.750. The Balaban J connectivity index is 2.61. The molecule has 1 atom stereocenters. The van der Waals surface area contributed by atoms with Crippen molar-refractivity contribution in [1.29, 1.82) is 0 Å². The van der Waals surface area contributed by atoms with E-state index in [2.05, 4.69) is 0 Å². The summed E-state index contributed by atoms with van der Waals surface area (Å²) in [5.74, 6) is -64.0. The average Bonchev–Trinajstić information content (AvgIpc) is 3.23. The number of hydrogen-bond acceptors (Lipinski definition) is 4. The second kappa shape index (κ2) is 11.6. The molecule has 1 aliphatic rings. The van der Waals surface area contributed by atoms with Gasteiger partial charge in [-0.25, -0.2) is 4.79 Å². The Hall–Kier alpha value is -2.55. The summed E-state index contributed by atoms with van der Waals surface area (Å²) >= 11 is 0.261. The third-order valence-corrected chi connectivity index (χ3v) is 8.37. The molecule has 1 aliphatic carbocycles. The number of anilines is 1. The normalized spacial score (nSPS) is 17.9. The molecule has 1 aromatic rings. The van der Waals surface area contributed by atoms with E-state index in [0.717, 1.165) is 5.32 Å². The van der Waals surface area contributed by atoms with E-state index in [1.165, 1.54) is 6.92 Å². The molecule has 0 bridgehead atoms. The summed E-state index contributed by atoms with van der Waals surface area (Å²) in [6.45, 7) is 6.20. The summed E-state index contributed by atoms with van der Waals surface area (Å²) in [5.41, 5.74) is -1.14. The van der Waals surface area contributed by atoms with Crippen molar-refractivity contribution in [1.82, 2.24) is 0 Å². The lowest BCUT2D eigenvalue weighted by molar-refractivity contribution is -0.459. The lowest BCUT2D eigenvalue weighted by Crippen LogP contribution is -2.75. The molecule has 1 unspecified atom stereocenters. The molecular formula is C24H22F17NO3S. The molecule has 22 heteroatoms. The fourth-order valence-electron chi connectivity index (χ4n) is 4.32. The zero-order valence-corrected chi connectivity index (χ0v) is 24.3. The molecule has 1 heterocycles. The highest BCUT2D eigenvalue weighted by Crippen LogP contribution is 2.64. The first-order valence-corrected chi connectivity index (χ1v) is 13.4. The van der Waals surface area contributed by atoms with Crippen molar-refractivity contribution in [3.8, 4) is 0 Å². The summed E-state index contributed by atoms with van der Waals surface area (Å²) < 4.78 is 236. The maximum atomic E-state index is 14.5. The first-order valence-electron chi connectivity index (χ1n) is 12.5. The van der Waals surface area contributed by atoms with Crippen molar-refractivity contribution in [3.05, 3.63) is 16.0 Å². The Labute approximate surface area is 251 Å². The van der Waals surface area contributed by atoms with Crippen LogP contribution in [-0.2, 0) is 22.4 Å². The van der Waals surface area contributed by atoms with Crippen molar-refractivity contribution >= 4 is 28.2 Å². The highest BCUT2D eigenvalue weighted by Gasteiger charge is 2.95. The van der Waals surface area contributed by atoms with E-state index in [4.69, 9.17) is 4.74 Å². The molecule has 1 N–H and O–H groups in total. The predicted octanol–water partition coefficient (Wildman–Crippen LogP) is 9.02. The van der Waals surface area contributed by atoms with Crippen LogP contribution < -0.4 is 5.32 Å². The molecule has 46 heavy (non-hydrogen) atoms. The first kappa shape index (κ1) is 39.6. The SMILES string of the molecule is CCOC(=O)c1c(NC(=O)C(F)(F)C(F)(F)C(F)(F)C(F)(F)C(F)(F)C(F)(F)C(F)(F)C(F)(F)F)sc2c1CCC(C(C)(C)C)C2. The van der Waals surface area contributed by atoms with Gasteiger partial charge >= 0.3 is 59.5 Å². The molecule has 0 saturated carbocycles. The minimum absolute atomic E-state index is 0.0134. The Morgan fingerprint density at radius 3 is 1.59 bits per heavy atom. The molecular weight excluding hydrogens is 705 g/mol. The van der Waals surface area contributed by atoms with E-state index in [0.29, 0.717) is 6.42 Å². The number of nitrogens with one attached hydrogen (secondary N) is 1. The second-order valence-corrected chi connectivity index (χ2v) is 12.3. The standard InChI is InChI=1S/C24H22F17NO3S/c1-5-45-14(43)12-10-7-6-9(16(2,3)4)8-11(10)46-13(12)42-15(44)17(25,26)18(27,28)19(29,30)20(31,32)21(33,34)22(35,36)23(37,38)24(39,40)41/h9H,5-8H2,1-4H3,(H,42,44). The van der Waals surface area contributed by atoms with Gasteiger partial charge in [0, 0.05) is 4.88 Å². The molecule has 1 aromatic heterocycles. The fourth-order valence-corrected chi connectivity index (χ4v) is 5.63. The molecule has 0 saturated heterocycles. The number of hydrogen-bond donors (Lipinski definition) is 1. The van der Waals surface area contributed by atoms with E-state index < -0.39 is 82.1 Å². The van der Waals surface area contributed by atoms with Crippen LogP contribution in [0.2, 0.25) is 0 Å². The third kappa shape index (κ3) is 5.77. The van der Waals surface area contributed by atoms with E-state index in [9.17, 15) is 84.2 Å². The Morgan fingerprint density at radius 2 is 1.17 bits per heavy atom. The van der Waals surface area contributed by atoms with Crippen molar-refractivity contribution in [2.75, 3.05) is 11.9 Å². The van der Waals surface area contributed by atoms with Gasteiger partial charge in [0.1, 0.15) is 5.00 Å². The van der Waals surface area contributed by atoms with Crippen molar-refractivity contribution in [2.45, 2.75) is 94.6 Å². The first-order chi connectivity index (χ1) is 20.2. The zero-order chi connectivity index (χ0) is 36.5. The van der Waals surface area contributed by atoms with Gasteiger partial charge in [-0.2, -0.15) is 74.6 Å². The summed E-state index contributed by atoms with van der Waals surface area (Å²) in [5, 5.41) is -0.178. The summed E-state index contributed by atoms with van der Waals surface area (Å²) in [6, 6.07) is 0. The lowest BCUT2D eigenvalue weighted by atomic mass is 9.72. The number of carbonyl (C=O) groups excluding carboxylic acids is 2. The van der Waals surface area contributed by atoms with Gasteiger partial charge in [0.15, 0.2) is 0 Å². The Morgan fingerprint density at radius 1 is 0.739 bits per heavy atom. The van der Waals surface area contributed by atoms with Crippen LogP contribution in [0.15, 0.2) is 0 Å². The van der Waals surface area contributed by atoms with E-state index in [1.807, 2.05) is 0 Å².